The highest BCUT2D eigenvalue weighted by molar-refractivity contribution is 6.07. The average molecular weight is 484 g/mol. The van der Waals surface area contributed by atoms with E-state index in [1.54, 1.807) is 50.5 Å². The fraction of sp³-hybridized carbons (Fsp3) is 0.462. The third-order valence-electron chi connectivity index (χ3n) is 6.89. The molecule has 9 nitrogen and oxygen atoms in total. The number of amides is 3. The third kappa shape index (κ3) is 5.06. The number of hydrogen-bond donors (Lipinski definition) is 1. The van der Waals surface area contributed by atoms with Crippen molar-refractivity contribution in [3.05, 3.63) is 53.6 Å². The number of phenolic OH excluding ortho intramolecular Hbond substituents is 1. The van der Waals surface area contributed by atoms with Crippen molar-refractivity contribution in [1.82, 2.24) is 14.7 Å². The number of methoxy groups -OCH3 is 3. The number of aromatic hydroxyl groups is 1. The molecule has 2 aliphatic rings. The Balaban J connectivity index is 1.51. The van der Waals surface area contributed by atoms with Crippen LogP contribution in [0.4, 0.5) is 4.79 Å². The van der Waals surface area contributed by atoms with Gasteiger partial charge in [0.2, 0.25) is 0 Å². The van der Waals surface area contributed by atoms with Gasteiger partial charge in [0.15, 0.2) is 0 Å². The first kappa shape index (κ1) is 24.8. The number of nitrogens with zero attached hydrogens (tertiary/aromatic N) is 3. The predicted octanol–water partition coefficient (Wildman–Crippen LogP) is 2.85. The van der Waals surface area contributed by atoms with E-state index in [2.05, 4.69) is 4.90 Å². The number of urea groups is 1. The monoisotopic (exact) mass is 483 g/mol. The first-order valence-corrected chi connectivity index (χ1v) is 11.7. The molecule has 2 heterocycles. The molecular weight excluding hydrogens is 450 g/mol. The van der Waals surface area contributed by atoms with Gasteiger partial charge in [-0.1, -0.05) is 12.1 Å². The lowest BCUT2D eigenvalue weighted by atomic mass is 9.85. The summed E-state index contributed by atoms with van der Waals surface area (Å²) >= 11 is 0. The Bertz CT molecular complexity index is 1040. The van der Waals surface area contributed by atoms with Crippen LogP contribution in [0.3, 0.4) is 0 Å². The van der Waals surface area contributed by atoms with E-state index in [0.717, 1.165) is 17.1 Å². The number of rotatable bonds is 9. The Morgan fingerprint density at radius 1 is 0.914 bits per heavy atom. The molecule has 2 aromatic rings. The van der Waals surface area contributed by atoms with E-state index in [1.165, 1.54) is 4.90 Å². The van der Waals surface area contributed by atoms with E-state index in [4.69, 9.17) is 14.2 Å². The van der Waals surface area contributed by atoms with Crippen LogP contribution in [0, 0.1) is 0 Å². The number of imide groups is 1. The van der Waals surface area contributed by atoms with E-state index in [9.17, 15) is 14.7 Å². The van der Waals surface area contributed by atoms with Crippen LogP contribution >= 0.6 is 0 Å². The van der Waals surface area contributed by atoms with Crippen LogP contribution in [0.25, 0.3) is 0 Å². The summed E-state index contributed by atoms with van der Waals surface area (Å²) in [7, 11) is 4.84. The molecule has 2 fully saturated rings. The number of phenols is 1. The molecule has 9 heteroatoms. The highest BCUT2D eigenvalue weighted by Gasteiger charge is 2.57. The van der Waals surface area contributed by atoms with Crippen molar-refractivity contribution in [2.45, 2.75) is 31.5 Å². The van der Waals surface area contributed by atoms with Crippen LogP contribution in [0.5, 0.6) is 17.2 Å². The second-order valence-corrected chi connectivity index (χ2v) is 9.02. The number of carbonyl (C=O) groups excluding carboxylic acids is 2. The molecule has 3 amide bonds. The minimum atomic E-state index is -0.880. The van der Waals surface area contributed by atoms with Gasteiger partial charge < -0.3 is 24.2 Å². The molecule has 0 bridgehead atoms. The number of carbonyl (C=O) groups is 2. The summed E-state index contributed by atoms with van der Waals surface area (Å²) in [5.41, 5.74) is 0.891. The minimum Gasteiger partial charge on any atom is -0.508 e. The zero-order chi connectivity index (χ0) is 25.0. The topological polar surface area (TPSA) is 91.8 Å². The molecular formula is C26H33N3O6. The smallest absolute Gasteiger partial charge is 0.328 e. The molecule has 2 aliphatic heterocycles. The predicted molar refractivity (Wildman–Crippen MR) is 129 cm³/mol. The SMILES string of the molecule is COCCN1C(=O)N(Cc2cccc(O)c2)C(=O)C12CCN(Cc1cc(OC)cc(OC)c1)CC2. The molecule has 4 rings (SSSR count). The van der Waals surface area contributed by atoms with Gasteiger partial charge in [0.1, 0.15) is 22.8 Å². The number of ether oxygens (including phenoxy) is 3. The van der Waals surface area contributed by atoms with E-state index in [1.807, 2.05) is 18.2 Å². The van der Waals surface area contributed by atoms with Gasteiger partial charge in [0, 0.05) is 39.4 Å². The van der Waals surface area contributed by atoms with Crippen LogP contribution in [0.15, 0.2) is 42.5 Å². The number of likely N-dealkylation sites (tertiary alicyclic amines) is 1. The zero-order valence-electron chi connectivity index (χ0n) is 20.5. The Labute approximate surface area is 205 Å². The summed E-state index contributed by atoms with van der Waals surface area (Å²) in [4.78, 5) is 32.3. The van der Waals surface area contributed by atoms with Crippen molar-refractivity contribution in [1.29, 1.82) is 0 Å². The van der Waals surface area contributed by atoms with Crippen LogP contribution in [-0.2, 0) is 22.6 Å². The average Bonchev–Trinajstić information content (AvgIpc) is 3.04. The molecule has 0 aromatic heterocycles. The van der Waals surface area contributed by atoms with Crippen LogP contribution < -0.4 is 9.47 Å². The van der Waals surface area contributed by atoms with E-state index < -0.39 is 5.54 Å². The second kappa shape index (κ2) is 10.5. The molecule has 188 valence electrons. The maximum absolute atomic E-state index is 13.7. The van der Waals surface area contributed by atoms with Gasteiger partial charge in [-0.3, -0.25) is 14.6 Å². The molecule has 35 heavy (non-hydrogen) atoms. The lowest BCUT2D eigenvalue weighted by molar-refractivity contribution is -0.136. The van der Waals surface area contributed by atoms with Crippen LogP contribution in [0.2, 0.25) is 0 Å². The van der Waals surface area contributed by atoms with Crippen molar-refractivity contribution >= 4 is 11.9 Å². The summed E-state index contributed by atoms with van der Waals surface area (Å²) in [6.45, 7) is 2.87. The third-order valence-corrected chi connectivity index (χ3v) is 6.89. The lowest BCUT2D eigenvalue weighted by Crippen LogP contribution is -2.57. The van der Waals surface area contributed by atoms with E-state index >= 15 is 0 Å². The standard InChI is InChI=1S/C26H33N3O6/c1-33-12-11-29-25(32)28(18-19-5-4-6-21(30)13-19)24(31)26(29)7-9-27(10-8-26)17-20-14-22(34-2)16-23(15-20)35-3/h4-6,13-16,30H,7-12,17-18H2,1-3H3. The highest BCUT2D eigenvalue weighted by Crippen LogP contribution is 2.38. The molecule has 0 unspecified atom stereocenters. The number of piperidine rings is 1. The summed E-state index contributed by atoms with van der Waals surface area (Å²) in [5, 5.41) is 9.81. The Hall–Kier alpha value is -3.30. The largest absolute Gasteiger partial charge is 0.508 e. The molecule has 1 spiro atoms. The van der Waals surface area contributed by atoms with E-state index in [-0.39, 0.29) is 24.2 Å². The van der Waals surface area contributed by atoms with Gasteiger partial charge in [-0.05, 0) is 48.2 Å². The van der Waals surface area contributed by atoms with Crippen molar-refractivity contribution in [2.75, 3.05) is 47.6 Å². The first-order valence-electron chi connectivity index (χ1n) is 11.7. The summed E-state index contributed by atoms with van der Waals surface area (Å²) in [6.07, 6.45) is 1.08. The maximum Gasteiger partial charge on any atom is 0.328 e. The molecule has 0 radical (unpaired) electrons. The fourth-order valence-corrected chi connectivity index (χ4v) is 5.03. The van der Waals surface area contributed by atoms with Crippen molar-refractivity contribution < 1.29 is 28.9 Å². The Kier molecular flexibility index (Phi) is 7.47. The Morgan fingerprint density at radius 3 is 2.20 bits per heavy atom. The van der Waals surface area contributed by atoms with Crippen molar-refractivity contribution in [3.63, 3.8) is 0 Å². The van der Waals surface area contributed by atoms with Gasteiger partial charge in [-0.2, -0.15) is 0 Å². The molecule has 1 N–H and O–H groups in total. The zero-order valence-corrected chi connectivity index (χ0v) is 20.5. The number of benzene rings is 2. The molecule has 0 saturated carbocycles. The van der Waals surface area contributed by atoms with Crippen LogP contribution in [0.1, 0.15) is 24.0 Å². The van der Waals surface area contributed by atoms with Gasteiger partial charge in [0.25, 0.3) is 5.91 Å². The summed E-state index contributed by atoms with van der Waals surface area (Å²) in [5.74, 6) is 1.40. The van der Waals surface area contributed by atoms with Crippen LogP contribution in [-0.4, -0.2) is 84.9 Å². The maximum atomic E-state index is 13.7. The number of hydrogen-bond acceptors (Lipinski definition) is 7. The van der Waals surface area contributed by atoms with E-state index in [0.29, 0.717) is 51.2 Å². The normalized spacial score (nSPS) is 17.9. The van der Waals surface area contributed by atoms with Gasteiger partial charge in [0.05, 0.1) is 27.4 Å². The van der Waals surface area contributed by atoms with Gasteiger partial charge in [-0.15, -0.1) is 0 Å². The van der Waals surface area contributed by atoms with Gasteiger partial charge >= 0.3 is 6.03 Å². The molecule has 2 saturated heterocycles. The Morgan fingerprint density at radius 2 is 1.60 bits per heavy atom. The molecule has 0 aliphatic carbocycles. The van der Waals surface area contributed by atoms with Crippen molar-refractivity contribution in [2.24, 2.45) is 0 Å². The first-order chi connectivity index (χ1) is 16.9. The fourth-order valence-electron chi connectivity index (χ4n) is 5.03. The summed E-state index contributed by atoms with van der Waals surface area (Å²) in [6, 6.07) is 12.2. The lowest BCUT2D eigenvalue weighted by Gasteiger charge is -2.42. The minimum absolute atomic E-state index is 0.107. The highest BCUT2D eigenvalue weighted by atomic mass is 16.5. The quantitative estimate of drug-likeness (QED) is 0.549. The molecule has 0 atom stereocenters. The summed E-state index contributed by atoms with van der Waals surface area (Å²) < 4.78 is 16.0. The van der Waals surface area contributed by atoms with Crippen molar-refractivity contribution in [3.8, 4) is 17.2 Å². The van der Waals surface area contributed by atoms with Gasteiger partial charge in [-0.25, -0.2) is 4.79 Å². The second-order valence-electron chi connectivity index (χ2n) is 9.02. The molecule has 2 aromatic carbocycles.